The summed E-state index contributed by atoms with van der Waals surface area (Å²) in [6, 6.07) is 4.16. The van der Waals surface area contributed by atoms with E-state index in [2.05, 4.69) is 53.3 Å². The molecule has 0 spiro atoms. The molecule has 2 aromatic heterocycles. The van der Waals surface area contributed by atoms with Crippen LogP contribution in [0.15, 0.2) is 30.6 Å². The first-order valence-corrected chi connectivity index (χ1v) is 8.86. The third-order valence-corrected chi connectivity index (χ3v) is 4.50. The van der Waals surface area contributed by atoms with Gasteiger partial charge in [0.15, 0.2) is 11.5 Å². The number of hydrogen-bond acceptors (Lipinski definition) is 5. The maximum Gasteiger partial charge on any atom is 0.433 e. The fraction of sp³-hybridized carbons (Fsp3) is 0.526. The predicted molar refractivity (Wildman–Crippen MR) is 98.2 cm³/mol. The van der Waals surface area contributed by atoms with Gasteiger partial charge in [-0.25, -0.2) is 9.97 Å². The van der Waals surface area contributed by atoms with E-state index in [0.29, 0.717) is 5.56 Å². The third-order valence-electron chi connectivity index (χ3n) is 4.50. The summed E-state index contributed by atoms with van der Waals surface area (Å²) in [6.45, 7) is 8.36. The van der Waals surface area contributed by atoms with Gasteiger partial charge in [-0.05, 0) is 52.7 Å². The van der Waals surface area contributed by atoms with Gasteiger partial charge in [-0.3, -0.25) is 4.98 Å². The van der Waals surface area contributed by atoms with E-state index in [1.165, 1.54) is 12.4 Å². The second-order valence-corrected chi connectivity index (χ2v) is 8.34. The van der Waals surface area contributed by atoms with E-state index in [1.807, 2.05) is 0 Å². The molecular formula is C19H24F3N5. The standard InChI is InChI=1S/C19H24F3N5/c1-17(2)10-13(11-18(3,4)27-17)24-15-9-14(19(20,21)22)25-16(26-15)12-5-7-23-8-6-12/h5-9,13,27H,10-11H2,1-4H3,(H,24,25,26). The van der Waals surface area contributed by atoms with Gasteiger partial charge in [0, 0.05) is 41.1 Å². The van der Waals surface area contributed by atoms with Gasteiger partial charge < -0.3 is 10.6 Å². The van der Waals surface area contributed by atoms with Gasteiger partial charge in [0.2, 0.25) is 0 Å². The van der Waals surface area contributed by atoms with Crippen LogP contribution in [0, 0.1) is 0 Å². The summed E-state index contributed by atoms with van der Waals surface area (Å²) in [6.07, 6.45) is 0.000362. The molecule has 0 saturated carbocycles. The van der Waals surface area contributed by atoms with Crippen molar-refractivity contribution in [3.63, 3.8) is 0 Å². The van der Waals surface area contributed by atoms with Crippen molar-refractivity contribution in [1.29, 1.82) is 0 Å². The molecule has 0 bridgehead atoms. The topological polar surface area (TPSA) is 62.7 Å². The molecule has 2 N–H and O–H groups in total. The van der Waals surface area contributed by atoms with Crippen LogP contribution in [0.25, 0.3) is 11.4 Å². The Hall–Kier alpha value is -2.22. The summed E-state index contributed by atoms with van der Waals surface area (Å²) in [7, 11) is 0. The van der Waals surface area contributed by atoms with Crippen LogP contribution in [0.2, 0.25) is 0 Å². The van der Waals surface area contributed by atoms with E-state index in [1.54, 1.807) is 12.1 Å². The molecule has 3 rings (SSSR count). The molecule has 8 heteroatoms. The van der Waals surface area contributed by atoms with Crippen LogP contribution >= 0.6 is 0 Å². The fourth-order valence-corrected chi connectivity index (χ4v) is 3.93. The molecule has 0 aromatic carbocycles. The highest BCUT2D eigenvalue weighted by Gasteiger charge is 2.38. The summed E-state index contributed by atoms with van der Waals surface area (Å²) < 4.78 is 40.0. The molecule has 146 valence electrons. The molecule has 0 amide bonds. The third kappa shape index (κ3) is 4.94. The van der Waals surface area contributed by atoms with Gasteiger partial charge >= 0.3 is 6.18 Å². The highest BCUT2D eigenvalue weighted by molar-refractivity contribution is 5.57. The first-order chi connectivity index (χ1) is 12.4. The average Bonchev–Trinajstić information content (AvgIpc) is 2.51. The van der Waals surface area contributed by atoms with Crippen LogP contribution in [0.4, 0.5) is 19.0 Å². The Morgan fingerprint density at radius 3 is 2.19 bits per heavy atom. The Kier molecular flexibility index (Phi) is 4.88. The predicted octanol–water partition coefficient (Wildman–Crippen LogP) is 4.28. The number of anilines is 1. The monoisotopic (exact) mass is 379 g/mol. The molecule has 2 aromatic rings. The van der Waals surface area contributed by atoms with Crippen molar-refractivity contribution in [3.8, 4) is 11.4 Å². The number of nitrogens with one attached hydrogen (secondary N) is 2. The lowest BCUT2D eigenvalue weighted by Gasteiger charge is -2.46. The zero-order chi connectivity index (χ0) is 19.9. The van der Waals surface area contributed by atoms with E-state index in [-0.39, 0.29) is 28.8 Å². The molecule has 0 radical (unpaired) electrons. The Morgan fingerprint density at radius 2 is 1.63 bits per heavy atom. The van der Waals surface area contributed by atoms with E-state index in [0.717, 1.165) is 18.9 Å². The van der Waals surface area contributed by atoms with Gasteiger partial charge in [0.25, 0.3) is 0 Å². The number of rotatable bonds is 3. The highest BCUT2D eigenvalue weighted by Crippen LogP contribution is 2.33. The fourth-order valence-electron chi connectivity index (χ4n) is 3.93. The number of nitrogens with zero attached hydrogens (tertiary/aromatic N) is 3. The van der Waals surface area contributed by atoms with Gasteiger partial charge in [0.1, 0.15) is 5.82 Å². The van der Waals surface area contributed by atoms with Crippen molar-refractivity contribution in [2.24, 2.45) is 0 Å². The molecule has 1 aliphatic heterocycles. The zero-order valence-electron chi connectivity index (χ0n) is 15.9. The molecule has 3 heterocycles. The minimum atomic E-state index is -4.55. The Balaban J connectivity index is 1.95. The van der Waals surface area contributed by atoms with Gasteiger partial charge in [0.05, 0.1) is 0 Å². The largest absolute Gasteiger partial charge is 0.433 e. The molecular weight excluding hydrogens is 355 g/mol. The van der Waals surface area contributed by atoms with Gasteiger partial charge in [-0.15, -0.1) is 0 Å². The summed E-state index contributed by atoms with van der Waals surface area (Å²) >= 11 is 0. The second-order valence-electron chi connectivity index (χ2n) is 8.34. The summed E-state index contributed by atoms with van der Waals surface area (Å²) in [5, 5.41) is 6.77. The van der Waals surface area contributed by atoms with Crippen LogP contribution in [-0.4, -0.2) is 32.1 Å². The van der Waals surface area contributed by atoms with Crippen LogP contribution in [0.3, 0.4) is 0 Å². The maximum atomic E-state index is 13.3. The molecule has 0 unspecified atom stereocenters. The lowest BCUT2D eigenvalue weighted by atomic mass is 9.79. The lowest BCUT2D eigenvalue weighted by Crippen LogP contribution is -2.60. The zero-order valence-corrected chi connectivity index (χ0v) is 15.9. The van der Waals surface area contributed by atoms with Crippen molar-refractivity contribution in [2.75, 3.05) is 5.32 Å². The summed E-state index contributed by atoms with van der Waals surface area (Å²) in [4.78, 5) is 11.9. The Morgan fingerprint density at radius 1 is 1.04 bits per heavy atom. The summed E-state index contributed by atoms with van der Waals surface area (Å²) in [5.41, 5.74) is -0.732. The molecule has 0 atom stereocenters. The van der Waals surface area contributed by atoms with E-state index in [9.17, 15) is 13.2 Å². The number of alkyl halides is 3. The highest BCUT2D eigenvalue weighted by atomic mass is 19.4. The van der Waals surface area contributed by atoms with Crippen LogP contribution in [-0.2, 0) is 6.18 Å². The van der Waals surface area contributed by atoms with Crippen molar-refractivity contribution in [3.05, 3.63) is 36.3 Å². The molecule has 0 aliphatic carbocycles. The minimum absolute atomic E-state index is 0.00229. The molecule has 1 saturated heterocycles. The first kappa shape index (κ1) is 19.5. The maximum absolute atomic E-state index is 13.3. The lowest BCUT2D eigenvalue weighted by molar-refractivity contribution is -0.141. The Bertz CT molecular complexity index is 787. The van der Waals surface area contributed by atoms with Crippen LogP contribution in [0.1, 0.15) is 46.2 Å². The molecule has 27 heavy (non-hydrogen) atoms. The van der Waals surface area contributed by atoms with E-state index < -0.39 is 11.9 Å². The molecule has 1 fully saturated rings. The van der Waals surface area contributed by atoms with Crippen LogP contribution < -0.4 is 10.6 Å². The number of halogens is 3. The van der Waals surface area contributed by atoms with Gasteiger partial charge in [-0.2, -0.15) is 13.2 Å². The SMILES string of the molecule is CC1(C)CC(Nc2cc(C(F)(F)F)nc(-c3ccncc3)n2)CC(C)(C)N1. The van der Waals surface area contributed by atoms with Crippen LogP contribution in [0.5, 0.6) is 0 Å². The van der Waals surface area contributed by atoms with Crippen molar-refractivity contribution in [1.82, 2.24) is 20.3 Å². The first-order valence-electron chi connectivity index (χ1n) is 8.86. The number of piperidine rings is 1. The number of aromatic nitrogens is 3. The quantitative estimate of drug-likeness (QED) is 0.834. The van der Waals surface area contributed by atoms with Crippen molar-refractivity contribution >= 4 is 5.82 Å². The van der Waals surface area contributed by atoms with Crippen molar-refractivity contribution in [2.45, 2.75) is 63.8 Å². The summed E-state index contributed by atoms with van der Waals surface area (Å²) in [5.74, 6) is 0.213. The molecule has 1 aliphatic rings. The van der Waals surface area contributed by atoms with Crippen molar-refractivity contribution < 1.29 is 13.2 Å². The van der Waals surface area contributed by atoms with E-state index >= 15 is 0 Å². The smallest absolute Gasteiger partial charge is 0.367 e. The number of hydrogen-bond donors (Lipinski definition) is 2. The second kappa shape index (κ2) is 6.74. The minimum Gasteiger partial charge on any atom is -0.367 e. The Labute approximate surface area is 156 Å². The average molecular weight is 379 g/mol. The van der Waals surface area contributed by atoms with Gasteiger partial charge in [-0.1, -0.05) is 0 Å². The normalized spacial score (nSPS) is 19.7. The van der Waals surface area contributed by atoms with E-state index in [4.69, 9.17) is 0 Å². The number of pyridine rings is 1. The molecule has 5 nitrogen and oxygen atoms in total.